The number of amides is 1. The molecule has 0 saturated carbocycles. The van der Waals surface area contributed by atoms with Crippen LogP contribution in [0.15, 0.2) is 47.4 Å². The third-order valence-corrected chi connectivity index (χ3v) is 6.38. The monoisotopic (exact) mass is 394 g/mol. The summed E-state index contributed by atoms with van der Waals surface area (Å²) in [6.07, 6.45) is 2.16. The number of anilines is 1. The SMILES string of the molecule is O=C(CCc1ccc(S(=O)(=O)N2CCCC2)cc1)Nc1cc(F)ccc1F. The van der Waals surface area contributed by atoms with Crippen molar-refractivity contribution in [1.29, 1.82) is 0 Å². The number of hydrogen-bond donors (Lipinski definition) is 1. The highest BCUT2D eigenvalue weighted by Gasteiger charge is 2.26. The minimum atomic E-state index is -3.46. The summed E-state index contributed by atoms with van der Waals surface area (Å²) in [7, 11) is -3.46. The third kappa shape index (κ3) is 4.70. The molecule has 0 bridgehead atoms. The molecule has 1 heterocycles. The number of carbonyl (C=O) groups is 1. The van der Waals surface area contributed by atoms with Crippen LogP contribution in [0.1, 0.15) is 24.8 Å². The van der Waals surface area contributed by atoms with Gasteiger partial charge in [0.2, 0.25) is 15.9 Å². The van der Waals surface area contributed by atoms with Crippen LogP contribution < -0.4 is 5.32 Å². The molecular weight excluding hydrogens is 374 g/mol. The average molecular weight is 394 g/mol. The van der Waals surface area contributed by atoms with Crippen LogP contribution >= 0.6 is 0 Å². The largest absolute Gasteiger partial charge is 0.324 e. The van der Waals surface area contributed by atoms with Crippen molar-refractivity contribution in [3.05, 3.63) is 59.7 Å². The molecule has 1 amide bonds. The van der Waals surface area contributed by atoms with Gasteiger partial charge in [-0.1, -0.05) is 12.1 Å². The molecule has 1 saturated heterocycles. The Hall–Kier alpha value is -2.32. The molecule has 2 aromatic rings. The molecule has 0 radical (unpaired) electrons. The van der Waals surface area contributed by atoms with Gasteiger partial charge in [0.1, 0.15) is 11.6 Å². The zero-order valence-corrected chi connectivity index (χ0v) is 15.4. The van der Waals surface area contributed by atoms with Crippen molar-refractivity contribution in [3.8, 4) is 0 Å². The first-order valence-corrected chi connectivity index (χ1v) is 10.1. The lowest BCUT2D eigenvalue weighted by Gasteiger charge is -2.15. The van der Waals surface area contributed by atoms with Crippen molar-refractivity contribution in [2.24, 2.45) is 0 Å². The van der Waals surface area contributed by atoms with Gasteiger partial charge >= 0.3 is 0 Å². The second-order valence-corrected chi connectivity index (χ2v) is 8.37. The molecule has 2 aromatic carbocycles. The summed E-state index contributed by atoms with van der Waals surface area (Å²) in [6, 6.07) is 9.25. The lowest BCUT2D eigenvalue weighted by atomic mass is 10.1. The average Bonchev–Trinajstić information content (AvgIpc) is 3.19. The van der Waals surface area contributed by atoms with Crippen molar-refractivity contribution in [2.45, 2.75) is 30.6 Å². The van der Waals surface area contributed by atoms with Gasteiger partial charge < -0.3 is 5.32 Å². The van der Waals surface area contributed by atoms with Gasteiger partial charge in [0.05, 0.1) is 10.6 Å². The Bertz CT molecular complexity index is 924. The van der Waals surface area contributed by atoms with Crippen LogP contribution in [0.3, 0.4) is 0 Å². The Morgan fingerprint density at radius 1 is 1.04 bits per heavy atom. The maximum Gasteiger partial charge on any atom is 0.243 e. The lowest BCUT2D eigenvalue weighted by molar-refractivity contribution is -0.116. The Kier molecular flexibility index (Phi) is 5.86. The third-order valence-electron chi connectivity index (χ3n) is 4.47. The molecule has 1 N–H and O–H groups in total. The van der Waals surface area contributed by atoms with Crippen molar-refractivity contribution >= 4 is 21.6 Å². The molecule has 1 aliphatic rings. The summed E-state index contributed by atoms with van der Waals surface area (Å²) >= 11 is 0. The van der Waals surface area contributed by atoms with Gasteiger partial charge in [0.15, 0.2) is 0 Å². The van der Waals surface area contributed by atoms with Gasteiger partial charge in [-0.3, -0.25) is 4.79 Å². The predicted molar refractivity (Wildman–Crippen MR) is 97.7 cm³/mol. The first-order chi connectivity index (χ1) is 12.9. The van der Waals surface area contributed by atoms with Crippen LogP contribution in [0.4, 0.5) is 14.5 Å². The quantitative estimate of drug-likeness (QED) is 0.817. The fourth-order valence-electron chi connectivity index (χ4n) is 2.97. The molecule has 1 fully saturated rings. The molecular formula is C19H20F2N2O3S. The van der Waals surface area contributed by atoms with Crippen molar-refractivity contribution in [1.82, 2.24) is 4.31 Å². The number of nitrogens with one attached hydrogen (secondary N) is 1. The van der Waals surface area contributed by atoms with Crippen LogP contribution in [0.25, 0.3) is 0 Å². The molecule has 0 spiro atoms. The number of rotatable bonds is 6. The van der Waals surface area contributed by atoms with E-state index in [9.17, 15) is 22.0 Å². The van der Waals surface area contributed by atoms with E-state index in [-0.39, 0.29) is 17.0 Å². The molecule has 27 heavy (non-hydrogen) atoms. The van der Waals surface area contributed by atoms with Crippen LogP contribution in [0.5, 0.6) is 0 Å². The Balaban J connectivity index is 1.58. The number of hydrogen-bond acceptors (Lipinski definition) is 3. The summed E-state index contributed by atoms with van der Waals surface area (Å²) in [5, 5.41) is 2.34. The normalized spacial score (nSPS) is 15.0. The number of aryl methyl sites for hydroxylation is 1. The molecule has 5 nitrogen and oxygen atoms in total. The van der Waals surface area contributed by atoms with Crippen LogP contribution in [0, 0.1) is 11.6 Å². The molecule has 1 aliphatic heterocycles. The van der Waals surface area contributed by atoms with Crippen LogP contribution in [-0.2, 0) is 21.2 Å². The standard InChI is InChI=1S/C19H20F2N2O3S/c20-15-6-9-17(21)18(13-15)22-19(24)10-5-14-3-7-16(8-4-14)27(25,26)23-11-1-2-12-23/h3-4,6-9,13H,1-2,5,10-12H2,(H,22,24). The van der Waals surface area contributed by atoms with Crippen molar-refractivity contribution < 1.29 is 22.0 Å². The molecule has 3 rings (SSSR count). The fourth-order valence-corrected chi connectivity index (χ4v) is 4.49. The van der Waals surface area contributed by atoms with Gasteiger partial charge in [-0.2, -0.15) is 4.31 Å². The van der Waals surface area contributed by atoms with E-state index in [4.69, 9.17) is 0 Å². The molecule has 8 heteroatoms. The highest BCUT2D eigenvalue weighted by molar-refractivity contribution is 7.89. The minimum Gasteiger partial charge on any atom is -0.324 e. The first-order valence-electron chi connectivity index (χ1n) is 8.70. The van der Waals surface area contributed by atoms with E-state index in [0.29, 0.717) is 19.5 Å². The summed E-state index contributed by atoms with van der Waals surface area (Å²) < 4.78 is 53.1. The molecule has 0 aromatic heterocycles. The van der Waals surface area contributed by atoms with E-state index in [1.165, 1.54) is 16.4 Å². The summed E-state index contributed by atoms with van der Waals surface area (Å²) in [6.45, 7) is 1.09. The van der Waals surface area contributed by atoms with Crippen LogP contribution in [-0.4, -0.2) is 31.7 Å². The van der Waals surface area contributed by atoms with Gasteiger partial charge in [0.25, 0.3) is 0 Å². The fraction of sp³-hybridized carbons (Fsp3) is 0.316. The number of halogens is 2. The smallest absolute Gasteiger partial charge is 0.243 e. The van der Waals surface area contributed by atoms with Gasteiger partial charge in [-0.05, 0) is 49.1 Å². The van der Waals surface area contributed by atoms with E-state index < -0.39 is 27.6 Å². The number of sulfonamides is 1. The van der Waals surface area contributed by atoms with Crippen LogP contribution in [0.2, 0.25) is 0 Å². The number of nitrogens with zero attached hydrogens (tertiary/aromatic N) is 1. The van der Waals surface area contributed by atoms with Gasteiger partial charge in [0, 0.05) is 25.6 Å². The zero-order valence-electron chi connectivity index (χ0n) is 14.6. The maximum absolute atomic E-state index is 13.5. The topological polar surface area (TPSA) is 66.5 Å². The molecule has 0 aliphatic carbocycles. The second kappa shape index (κ2) is 8.14. The highest BCUT2D eigenvalue weighted by Crippen LogP contribution is 2.21. The number of benzene rings is 2. The van der Waals surface area contributed by atoms with E-state index in [2.05, 4.69) is 5.32 Å². The second-order valence-electron chi connectivity index (χ2n) is 6.43. The van der Waals surface area contributed by atoms with E-state index >= 15 is 0 Å². The minimum absolute atomic E-state index is 0.0637. The first kappa shape index (κ1) is 19.4. The number of carbonyl (C=O) groups excluding carboxylic acids is 1. The summed E-state index contributed by atoms with van der Waals surface area (Å²) in [5.74, 6) is -1.80. The Labute approximate surface area is 157 Å². The Morgan fingerprint density at radius 3 is 2.37 bits per heavy atom. The molecule has 144 valence electrons. The highest BCUT2D eigenvalue weighted by atomic mass is 32.2. The van der Waals surface area contributed by atoms with E-state index in [0.717, 1.165) is 36.6 Å². The Morgan fingerprint density at radius 2 is 1.70 bits per heavy atom. The lowest BCUT2D eigenvalue weighted by Crippen LogP contribution is -2.27. The molecule has 0 atom stereocenters. The maximum atomic E-state index is 13.5. The van der Waals surface area contributed by atoms with Crippen molar-refractivity contribution in [2.75, 3.05) is 18.4 Å². The van der Waals surface area contributed by atoms with Gasteiger partial charge in [-0.15, -0.1) is 0 Å². The molecule has 0 unspecified atom stereocenters. The van der Waals surface area contributed by atoms with E-state index in [1.54, 1.807) is 12.1 Å². The zero-order chi connectivity index (χ0) is 19.4. The predicted octanol–water partition coefficient (Wildman–Crippen LogP) is 3.32. The van der Waals surface area contributed by atoms with Gasteiger partial charge in [-0.25, -0.2) is 17.2 Å². The van der Waals surface area contributed by atoms with Crippen molar-refractivity contribution in [3.63, 3.8) is 0 Å². The summed E-state index contributed by atoms with van der Waals surface area (Å²) in [5.41, 5.74) is 0.581. The summed E-state index contributed by atoms with van der Waals surface area (Å²) in [4.78, 5) is 12.2. The van der Waals surface area contributed by atoms with E-state index in [1.807, 2.05) is 0 Å².